The number of carbonyl (C=O) groups is 2. The monoisotopic (exact) mass is 244 g/mol. The zero-order chi connectivity index (χ0) is 12.9. The van der Waals surface area contributed by atoms with Crippen LogP contribution in [0.3, 0.4) is 0 Å². The number of nitrogens with zero attached hydrogens (tertiary/aromatic N) is 1. The molecule has 6 heteroatoms. The normalized spacial score (nSPS) is 15.7. The third kappa shape index (κ3) is 5.42. The summed E-state index contributed by atoms with van der Waals surface area (Å²) in [5.74, 6) is 0. The lowest BCUT2D eigenvalue weighted by atomic mass is 10.2. The average Bonchev–Trinajstić information content (AvgIpc) is 2.56. The lowest BCUT2D eigenvalue weighted by Gasteiger charge is -2.20. The maximum atomic E-state index is 11.3. The molecule has 0 bridgehead atoms. The van der Waals surface area contributed by atoms with E-state index in [2.05, 4.69) is 5.32 Å². The number of amides is 2. The zero-order valence-electron chi connectivity index (χ0n) is 10.6. The van der Waals surface area contributed by atoms with Crippen molar-refractivity contribution in [3.63, 3.8) is 0 Å². The molecule has 0 unspecified atom stereocenters. The van der Waals surface area contributed by atoms with Crippen molar-refractivity contribution >= 4 is 12.2 Å². The van der Waals surface area contributed by atoms with Gasteiger partial charge in [-0.3, -0.25) is 0 Å². The van der Waals surface area contributed by atoms with Gasteiger partial charge in [0.25, 0.3) is 0 Å². The van der Waals surface area contributed by atoms with Gasteiger partial charge in [0.15, 0.2) is 0 Å². The van der Waals surface area contributed by atoms with Crippen LogP contribution in [0.4, 0.5) is 9.59 Å². The highest BCUT2D eigenvalue weighted by Crippen LogP contribution is 2.06. The highest BCUT2D eigenvalue weighted by atomic mass is 16.6. The summed E-state index contributed by atoms with van der Waals surface area (Å²) in [7, 11) is 0. The van der Waals surface area contributed by atoms with Gasteiger partial charge in [-0.15, -0.1) is 0 Å². The fourth-order valence-electron chi connectivity index (χ4n) is 1.40. The van der Waals surface area contributed by atoms with E-state index in [4.69, 9.17) is 9.47 Å². The molecule has 1 aliphatic rings. The summed E-state index contributed by atoms with van der Waals surface area (Å²) >= 11 is 0. The minimum Gasteiger partial charge on any atom is -0.448 e. The van der Waals surface area contributed by atoms with Gasteiger partial charge in [-0.2, -0.15) is 0 Å². The van der Waals surface area contributed by atoms with E-state index in [0.29, 0.717) is 32.7 Å². The third-order valence-corrected chi connectivity index (χ3v) is 2.12. The molecule has 1 saturated heterocycles. The predicted octanol–water partition coefficient (Wildman–Crippen LogP) is 1.35. The van der Waals surface area contributed by atoms with Crippen LogP contribution in [0, 0.1) is 0 Å². The second kappa shape index (κ2) is 5.75. The van der Waals surface area contributed by atoms with Crippen molar-refractivity contribution in [2.75, 3.05) is 26.2 Å². The first-order valence-electron chi connectivity index (χ1n) is 5.77. The van der Waals surface area contributed by atoms with E-state index in [1.165, 1.54) is 0 Å². The quantitative estimate of drug-likeness (QED) is 0.758. The SMILES string of the molecule is CC(C)(C)OC(=O)NCCCN1CCOC1=O. The van der Waals surface area contributed by atoms with Gasteiger partial charge >= 0.3 is 12.2 Å². The first-order chi connectivity index (χ1) is 7.88. The minimum atomic E-state index is -0.483. The molecule has 0 aliphatic carbocycles. The maximum absolute atomic E-state index is 11.3. The minimum absolute atomic E-state index is 0.276. The molecular formula is C11H20N2O4. The molecule has 0 radical (unpaired) electrons. The molecule has 2 amide bonds. The van der Waals surface area contributed by atoms with Gasteiger partial charge in [0.1, 0.15) is 12.2 Å². The van der Waals surface area contributed by atoms with Gasteiger partial charge in [0.05, 0.1) is 6.54 Å². The topological polar surface area (TPSA) is 67.9 Å². The fraction of sp³-hybridized carbons (Fsp3) is 0.818. The molecule has 1 aliphatic heterocycles. The van der Waals surface area contributed by atoms with Crippen molar-refractivity contribution in [1.82, 2.24) is 10.2 Å². The Morgan fingerprint density at radius 3 is 2.76 bits per heavy atom. The molecule has 0 saturated carbocycles. The number of nitrogens with one attached hydrogen (secondary N) is 1. The van der Waals surface area contributed by atoms with Crippen molar-refractivity contribution in [2.45, 2.75) is 32.8 Å². The molecule has 1 heterocycles. The van der Waals surface area contributed by atoms with Crippen LogP contribution in [0.1, 0.15) is 27.2 Å². The van der Waals surface area contributed by atoms with Crippen LogP contribution in [-0.4, -0.2) is 48.9 Å². The van der Waals surface area contributed by atoms with E-state index in [-0.39, 0.29) is 6.09 Å². The lowest BCUT2D eigenvalue weighted by molar-refractivity contribution is 0.0526. The highest BCUT2D eigenvalue weighted by molar-refractivity contribution is 5.69. The van der Waals surface area contributed by atoms with E-state index in [1.54, 1.807) is 4.90 Å². The number of alkyl carbamates (subject to hydrolysis) is 1. The Kier molecular flexibility index (Phi) is 4.60. The number of ether oxygens (including phenoxy) is 2. The number of hydrogen-bond acceptors (Lipinski definition) is 4. The van der Waals surface area contributed by atoms with Gasteiger partial charge in [0.2, 0.25) is 0 Å². The van der Waals surface area contributed by atoms with E-state index < -0.39 is 11.7 Å². The van der Waals surface area contributed by atoms with Gasteiger partial charge in [-0.05, 0) is 27.2 Å². The summed E-state index contributed by atoms with van der Waals surface area (Å²) in [6.45, 7) is 7.60. The molecule has 1 rings (SSSR count). The van der Waals surface area contributed by atoms with E-state index in [9.17, 15) is 9.59 Å². The van der Waals surface area contributed by atoms with Crippen LogP contribution in [0.5, 0.6) is 0 Å². The van der Waals surface area contributed by atoms with Crippen molar-refractivity contribution in [3.05, 3.63) is 0 Å². The van der Waals surface area contributed by atoms with Crippen molar-refractivity contribution in [3.8, 4) is 0 Å². The number of cyclic esters (lactones) is 1. The fourth-order valence-corrected chi connectivity index (χ4v) is 1.40. The van der Waals surface area contributed by atoms with Gasteiger partial charge in [-0.25, -0.2) is 9.59 Å². The first-order valence-corrected chi connectivity index (χ1v) is 5.77. The second-order valence-corrected chi connectivity index (χ2v) is 4.88. The van der Waals surface area contributed by atoms with Crippen LogP contribution < -0.4 is 5.32 Å². The molecule has 0 aromatic rings. The Balaban J connectivity index is 2.08. The summed E-state index contributed by atoms with van der Waals surface area (Å²) in [6, 6.07) is 0. The summed E-state index contributed by atoms with van der Waals surface area (Å²) in [5.41, 5.74) is -0.483. The van der Waals surface area contributed by atoms with Gasteiger partial charge < -0.3 is 19.7 Å². The van der Waals surface area contributed by atoms with Crippen LogP contribution in [0.15, 0.2) is 0 Å². The molecule has 1 N–H and O–H groups in total. The van der Waals surface area contributed by atoms with Crippen LogP contribution in [0.2, 0.25) is 0 Å². The molecule has 1 fully saturated rings. The highest BCUT2D eigenvalue weighted by Gasteiger charge is 2.21. The average molecular weight is 244 g/mol. The lowest BCUT2D eigenvalue weighted by Crippen LogP contribution is -2.34. The van der Waals surface area contributed by atoms with E-state index in [1.807, 2.05) is 20.8 Å². The molecule has 0 spiro atoms. The van der Waals surface area contributed by atoms with Gasteiger partial charge in [-0.1, -0.05) is 0 Å². The first kappa shape index (κ1) is 13.6. The molecule has 17 heavy (non-hydrogen) atoms. The Morgan fingerprint density at radius 1 is 1.53 bits per heavy atom. The second-order valence-electron chi connectivity index (χ2n) is 4.88. The van der Waals surface area contributed by atoms with E-state index >= 15 is 0 Å². The van der Waals surface area contributed by atoms with Crippen LogP contribution >= 0.6 is 0 Å². The van der Waals surface area contributed by atoms with Crippen molar-refractivity contribution < 1.29 is 19.1 Å². The summed E-state index contributed by atoms with van der Waals surface area (Å²) in [6.07, 6.45) is -0.0160. The Hall–Kier alpha value is -1.46. The van der Waals surface area contributed by atoms with Gasteiger partial charge in [0, 0.05) is 13.1 Å². The molecule has 6 nitrogen and oxygen atoms in total. The number of rotatable bonds is 4. The molecule has 0 aromatic carbocycles. The Morgan fingerprint density at radius 2 is 2.24 bits per heavy atom. The largest absolute Gasteiger partial charge is 0.448 e. The Labute approximate surface area is 101 Å². The predicted molar refractivity (Wildman–Crippen MR) is 61.8 cm³/mol. The maximum Gasteiger partial charge on any atom is 0.409 e. The summed E-state index contributed by atoms with van der Waals surface area (Å²) in [4.78, 5) is 24.0. The molecule has 0 atom stereocenters. The standard InChI is InChI=1S/C11H20N2O4/c1-11(2,3)17-9(14)12-5-4-6-13-7-8-16-10(13)15/h4-8H2,1-3H3,(H,12,14). The van der Waals surface area contributed by atoms with Crippen molar-refractivity contribution in [2.24, 2.45) is 0 Å². The van der Waals surface area contributed by atoms with Crippen LogP contribution in [-0.2, 0) is 9.47 Å². The van der Waals surface area contributed by atoms with Crippen LogP contribution in [0.25, 0.3) is 0 Å². The Bertz CT molecular complexity index is 286. The zero-order valence-corrected chi connectivity index (χ0v) is 10.6. The molecule has 0 aromatic heterocycles. The summed E-state index contributed by atoms with van der Waals surface area (Å²) in [5, 5.41) is 2.64. The summed E-state index contributed by atoms with van der Waals surface area (Å²) < 4.78 is 9.86. The molecule has 98 valence electrons. The smallest absolute Gasteiger partial charge is 0.409 e. The third-order valence-electron chi connectivity index (χ3n) is 2.12. The van der Waals surface area contributed by atoms with Crippen molar-refractivity contribution in [1.29, 1.82) is 0 Å². The molecular weight excluding hydrogens is 224 g/mol. The van der Waals surface area contributed by atoms with E-state index in [0.717, 1.165) is 0 Å². The number of hydrogen-bond donors (Lipinski definition) is 1. The number of carbonyl (C=O) groups excluding carboxylic acids is 2.